The van der Waals surface area contributed by atoms with E-state index in [2.05, 4.69) is 57.3 Å². The molecule has 0 radical (unpaired) electrons. The third-order valence-corrected chi connectivity index (χ3v) is 5.86. The van der Waals surface area contributed by atoms with Crippen molar-refractivity contribution in [3.8, 4) is 0 Å². The molecule has 19 heavy (non-hydrogen) atoms. The number of benzene rings is 1. The summed E-state index contributed by atoms with van der Waals surface area (Å²) < 4.78 is 0. The fourth-order valence-electron chi connectivity index (χ4n) is 4.85. The Labute approximate surface area is 117 Å². The molecule has 0 aromatic heterocycles. The maximum atomic E-state index is 3.89. The molecule has 1 N–H and O–H groups in total. The Balaban J connectivity index is 1.73. The molecule has 0 heterocycles. The first-order chi connectivity index (χ1) is 8.92. The zero-order valence-corrected chi connectivity index (χ0v) is 12.8. The molecule has 3 rings (SSSR count). The second-order valence-corrected chi connectivity index (χ2v) is 7.72. The van der Waals surface area contributed by atoms with Gasteiger partial charge in [0.05, 0.1) is 0 Å². The molecular weight excluding hydrogens is 230 g/mol. The molecule has 3 atom stereocenters. The third kappa shape index (κ3) is 2.12. The predicted molar refractivity (Wildman–Crippen MR) is 81.0 cm³/mol. The fraction of sp³-hybridized carbons (Fsp3) is 0.667. The van der Waals surface area contributed by atoms with Crippen LogP contribution in [0.25, 0.3) is 0 Å². The lowest BCUT2D eigenvalue weighted by Crippen LogP contribution is -2.49. The van der Waals surface area contributed by atoms with E-state index in [4.69, 9.17) is 0 Å². The fourth-order valence-corrected chi connectivity index (χ4v) is 4.85. The highest BCUT2D eigenvalue weighted by molar-refractivity contribution is 5.22. The molecule has 0 amide bonds. The molecule has 1 heteroatoms. The molecule has 2 aliphatic carbocycles. The van der Waals surface area contributed by atoms with Crippen LogP contribution in [0.3, 0.4) is 0 Å². The number of hydrogen-bond acceptors (Lipinski definition) is 1. The molecule has 3 unspecified atom stereocenters. The van der Waals surface area contributed by atoms with Gasteiger partial charge in [-0.2, -0.15) is 0 Å². The highest BCUT2D eigenvalue weighted by Gasteiger charge is 2.58. The normalized spacial score (nSPS) is 35.8. The van der Waals surface area contributed by atoms with Crippen LogP contribution in [0.4, 0.5) is 0 Å². The maximum Gasteiger partial charge on any atom is 0.0208 e. The first-order valence-electron chi connectivity index (χ1n) is 7.71. The molecule has 0 spiro atoms. The summed E-state index contributed by atoms with van der Waals surface area (Å²) in [6.45, 7) is 10.6. The summed E-state index contributed by atoms with van der Waals surface area (Å²) in [5.74, 6) is 0.924. The van der Waals surface area contributed by atoms with Crippen LogP contribution in [0, 0.1) is 23.7 Å². The van der Waals surface area contributed by atoms with Crippen molar-refractivity contribution in [2.24, 2.45) is 16.7 Å². The summed E-state index contributed by atoms with van der Waals surface area (Å²) in [6, 6.07) is 9.55. The second-order valence-electron chi connectivity index (χ2n) is 7.72. The number of fused-ring (bicyclic) bond motifs is 2. The average molecular weight is 257 g/mol. The Hall–Kier alpha value is -0.820. The van der Waals surface area contributed by atoms with E-state index in [1.54, 1.807) is 0 Å². The van der Waals surface area contributed by atoms with Gasteiger partial charge in [-0.05, 0) is 48.5 Å². The van der Waals surface area contributed by atoms with Crippen LogP contribution < -0.4 is 5.32 Å². The summed E-state index contributed by atoms with van der Waals surface area (Å²) in [4.78, 5) is 0. The van der Waals surface area contributed by atoms with Gasteiger partial charge in [0, 0.05) is 12.6 Å². The Morgan fingerprint density at radius 1 is 1.26 bits per heavy atom. The van der Waals surface area contributed by atoms with Crippen LogP contribution in [0.2, 0.25) is 0 Å². The lowest BCUT2D eigenvalue weighted by atomic mass is 9.68. The standard InChI is InChI=1S/C18H27N/c1-13-6-5-7-14(10-13)12-19-16-17(2,3)15-8-9-18(16,4)11-15/h5-7,10,15-16,19H,8-9,11-12H2,1-4H3. The molecule has 2 saturated carbocycles. The average Bonchev–Trinajstić information content (AvgIpc) is 2.80. The highest BCUT2D eigenvalue weighted by Crippen LogP contribution is 2.62. The number of aryl methyl sites for hydroxylation is 1. The van der Waals surface area contributed by atoms with Gasteiger partial charge < -0.3 is 5.32 Å². The Morgan fingerprint density at radius 2 is 2.05 bits per heavy atom. The van der Waals surface area contributed by atoms with Gasteiger partial charge in [-0.1, -0.05) is 50.6 Å². The molecule has 2 aliphatic rings. The van der Waals surface area contributed by atoms with Gasteiger partial charge in [0.1, 0.15) is 0 Å². The zero-order valence-electron chi connectivity index (χ0n) is 12.8. The van der Waals surface area contributed by atoms with E-state index in [1.807, 2.05) is 0 Å². The van der Waals surface area contributed by atoms with Crippen molar-refractivity contribution in [2.75, 3.05) is 0 Å². The summed E-state index contributed by atoms with van der Waals surface area (Å²) in [5.41, 5.74) is 3.76. The van der Waals surface area contributed by atoms with Gasteiger partial charge in [0.2, 0.25) is 0 Å². The second kappa shape index (κ2) is 4.34. The minimum absolute atomic E-state index is 0.455. The van der Waals surface area contributed by atoms with Crippen LogP contribution in [0.1, 0.15) is 51.2 Å². The van der Waals surface area contributed by atoms with Crippen molar-refractivity contribution in [1.29, 1.82) is 0 Å². The van der Waals surface area contributed by atoms with E-state index >= 15 is 0 Å². The van der Waals surface area contributed by atoms with Crippen molar-refractivity contribution in [3.63, 3.8) is 0 Å². The molecule has 1 aromatic carbocycles. The van der Waals surface area contributed by atoms with Crippen molar-refractivity contribution >= 4 is 0 Å². The van der Waals surface area contributed by atoms with Crippen molar-refractivity contribution in [3.05, 3.63) is 35.4 Å². The minimum atomic E-state index is 0.455. The first kappa shape index (κ1) is 13.2. The number of hydrogen-bond donors (Lipinski definition) is 1. The van der Waals surface area contributed by atoms with Crippen molar-refractivity contribution in [2.45, 2.75) is 59.5 Å². The summed E-state index contributed by atoms with van der Waals surface area (Å²) in [7, 11) is 0. The van der Waals surface area contributed by atoms with Crippen molar-refractivity contribution < 1.29 is 0 Å². The third-order valence-electron chi connectivity index (χ3n) is 5.86. The quantitative estimate of drug-likeness (QED) is 0.851. The summed E-state index contributed by atoms with van der Waals surface area (Å²) in [6.07, 6.45) is 4.27. The van der Waals surface area contributed by atoms with E-state index < -0.39 is 0 Å². The van der Waals surface area contributed by atoms with Crippen LogP contribution >= 0.6 is 0 Å². The SMILES string of the molecule is Cc1cccc(CNC2C3(C)CCC(C3)C2(C)C)c1. The lowest BCUT2D eigenvalue weighted by Gasteiger charge is -2.43. The predicted octanol–water partition coefficient (Wildman–Crippen LogP) is 4.30. The molecule has 1 nitrogen and oxygen atoms in total. The van der Waals surface area contributed by atoms with E-state index in [9.17, 15) is 0 Å². The Bertz CT molecular complexity index is 472. The molecule has 0 saturated heterocycles. The number of nitrogens with one attached hydrogen (secondary N) is 1. The van der Waals surface area contributed by atoms with Gasteiger partial charge in [-0.25, -0.2) is 0 Å². The van der Waals surface area contributed by atoms with Gasteiger partial charge in [-0.3, -0.25) is 0 Å². The van der Waals surface area contributed by atoms with Gasteiger partial charge >= 0.3 is 0 Å². The van der Waals surface area contributed by atoms with Gasteiger partial charge in [0.15, 0.2) is 0 Å². The highest BCUT2D eigenvalue weighted by atomic mass is 15.0. The van der Waals surface area contributed by atoms with E-state index in [1.165, 1.54) is 30.4 Å². The van der Waals surface area contributed by atoms with Crippen LogP contribution in [0.15, 0.2) is 24.3 Å². The largest absolute Gasteiger partial charge is 0.309 e. The van der Waals surface area contributed by atoms with E-state index in [0.717, 1.165) is 12.5 Å². The summed E-state index contributed by atoms with van der Waals surface area (Å²) >= 11 is 0. The summed E-state index contributed by atoms with van der Waals surface area (Å²) in [5, 5.41) is 3.89. The lowest BCUT2D eigenvalue weighted by molar-refractivity contribution is 0.108. The van der Waals surface area contributed by atoms with E-state index in [-0.39, 0.29) is 0 Å². The van der Waals surface area contributed by atoms with Gasteiger partial charge in [-0.15, -0.1) is 0 Å². The number of rotatable bonds is 3. The molecule has 0 aliphatic heterocycles. The Morgan fingerprint density at radius 3 is 2.68 bits per heavy atom. The molecule has 2 bridgehead atoms. The smallest absolute Gasteiger partial charge is 0.0208 e. The van der Waals surface area contributed by atoms with Crippen LogP contribution in [-0.2, 0) is 6.54 Å². The minimum Gasteiger partial charge on any atom is -0.309 e. The zero-order chi connectivity index (χ0) is 13.7. The Kier molecular flexibility index (Phi) is 3.01. The van der Waals surface area contributed by atoms with Gasteiger partial charge in [0.25, 0.3) is 0 Å². The van der Waals surface area contributed by atoms with Crippen LogP contribution in [-0.4, -0.2) is 6.04 Å². The van der Waals surface area contributed by atoms with E-state index in [0.29, 0.717) is 16.9 Å². The van der Waals surface area contributed by atoms with Crippen molar-refractivity contribution in [1.82, 2.24) is 5.32 Å². The monoisotopic (exact) mass is 257 g/mol. The molecule has 2 fully saturated rings. The molecular formula is C18H27N. The van der Waals surface area contributed by atoms with Crippen LogP contribution in [0.5, 0.6) is 0 Å². The first-order valence-corrected chi connectivity index (χ1v) is 7.71. The topological polar surface area (TPSA) is 12.0 Å². The molecule has 104 valence electrons. The molecule has 1 aromatic rings. The maximum absolute atomic E-state index is 3.89.